The summed E-state index contributed by atoms with van der Waals surface area (Å²) in [4.78, 5) is 10.6. The smallest absolute Gasteiger partial charge is 0.370 e. The van der Waals surface area contributed by atoms with Crippen molar-refractivity contribution < 1.29 is 18.0 Å². The van der Waals surface area contributed by atoms with Gasteiger partial charge in [0, 0.05) is 24.4 Å². The third-order valence-corrected chi connectivity index (χ3v) is 2.77. The van der Waals surface area contributed by atoms with E-state index in [0.29, 0.717) is 13.1 Å². The van der Waals surface area contributed by atoms with Crippen LogP contribution in [0.1, 0.15) is 12.0 Å². The maximum Gasteiger partial charge on any atom is 0.446 e. The third kappa shape index (κ3) is 6.51. The minimum absolute atomic E-state index is 0.140. The van der Waals surface area contributed by atoms with E-state index < -0.39 is 5.51 Å². The molecule has 0 atom stereocenters. The van der Waals surface area contributed by atoms with Crippen LogP contribution in [0.2, 0.25) is 0 Å². The molecule has 1 amide bonds. The van der Waals surface area contributed by atoms with E-state index in [9.17, 15) is 18.0 Å². The quantitative estimate of drug-likeness (QED) is 0.620. The van der Waals surface area contributed by atoms with Crippen LogP contribution >= 0.6 is 11.8 Å². The number of primary amides is 1. The average Bonchev–Trinajstić information content (AvgIpc) is 2.24. The van der Waals surface area contributed by atoms with E-state index in [1.54, 1.807) is 12.1 Å². The second-order valence-corrected chi connectivity index (χ2v) is 4.72. The Kier molecular flexibility index (Phi) is 5.49. The standard InChI is InChI=1S/C11H13F3N2OS/c12-11(13,14)18-9-3-1-8(2-4-9)7-16-6-5-10(15)17/h1-4,16H,5-7H2,(H2,15,17). The van der Waals surface area contributed by atoms with Crippen molar-refractivity contribution in [2.24, 2.45) is 5.73 Å². The van der Waals surface area contributed by atoms with Crippen LogP contribution in [-0.4, -0.2) is 18.0 Å². The van der Waals surface area contributed by atoms with Crippen LogP contribution in [0.15, 0.2) is 29.2 Å². The summed E-state index contributed by atoms with van der Waals surface area (Å²) in [6.07, 6.45) is 0.238. The molecule has 0 fully saturated rings. The van der Waals surface area contributed by atoms with Gasteiger partial charge in [-0.3, -0.25) is 4.79 Å². The van der Waals surface area contributed by atoms with Crippen LogP contribution in [0.4, 0.5) is 13.2 Å². The first-order valence-corrected chi connectivity index (χ1v) is 6.02. The molecule has 0 unspecified atom stereocenters. The molecule has 18 heavy (non-hydrogen) atoms. The molecule has 0 saturated heterocycles. The lowest BCUT2D eigenvalue weighted by Crippen LogP contribution is -2.21. The van der Waals surface area contributed by atoms with E-state index in [1.807, 2.05) is 0 Å². The predicted octanol–water partition coefficient (Wildman–Crippen LogP) is 2.26. The molecule has 100 valence electrons. The molecule has 0 bridgehead atoms. The normalized spacial score (nSPS) is 11.5. The number of alkyl halides is 3. The van der Waals surface area contributed by atoms with Crippen molar-refractivity contribution in [1.29, 1.82) is 0 Å². The first-order valence-electron chi connectivity index (χ1n) is 5.20. The van der Waals surface area contributed by atoms with Crippen LogP contribution in [0, 0.1) is 0 Å². The van der Waals surface area contributed by atoms with Crippen molar-refractivity contribution in [3.8, 4) is 0 Å². The van der Waals surface area contributed by atoms with Crippen LogP contribution < -0.4 is 11.1 Å². The van der Waals surface area contributed by atoms with Gasteiger partial charge in [-0.15, -0.1) is 0 Å². The summed E-state index contributed by atoms with van der Waals surface area (Å²) in [7, 11) is 0. The fourth-order valence-corrected chi connectivity index (χ4v) is 1.79. The molecule has 7 heteroatoms. The summed E-state index contributed by atoms with van der Waals surface area (Å²) in [5.41, 5.74) is 1.55. The number of thioether (sulfide) groups is 1. The van der Waals surface area contributed by atoms with Gasteiger partial charge in [-0.2, -0.15) is 13.2 Å². The molecule has 0 aliphatic carbocycles. The van der Waals surface area contributed by atoms with Crippen molar-refractivity contribution in [2.75, 3.05) is 6.54 Å². The summed E-state index contributed by atoms with van der Waals surface area (Å²) < 4.78 is 36.2. The zero-order chi connectivity index (χ0) is 13.6. The highest BCUT2D eigenvalue weighted by molar-refractivity contribution is 8.00. The fourth-order valence-electron chi connectivity index (χ4n) is 1.25. The van der Waals surface area contributed by atoms with Gasteiger partial charge in [-0.1, -0.05) is 12.1 Å². The first-order chi connectivity index (χ1) is 8.37. The van der Waals surface area contributed by atoms with Crippen molar-refractivity contribution in [3.63, 3.8) is 0 Å². The molecule has 3 N–H and O–H groups in total. The number of nitrogens with one attached hydrogen (secondary N) is 1. The number of hydrogen-bond donors (Lipinski definition) is 2. The monoisotopic (exact) mass is 278 g/mol. The number of benzene rings is 1. The average molecular weight is 278 g/mol. The second kappa shape index (κ2) is 6.65. The SMILES string of the molecule is NC(=O)CCNCc1ccc(SC(F)(F)F)cc1. The Morgan fingerprint density at radius 2 is 1.89 bits per heavy atom. The Hall–Kier alpha value is -1.21. The van der Waals surface area contributed by atoms with Crippen LogP contribution in [0.25, 0.3) is 0 Å². The van der Waals surface area contributed by atoms with E-state index in [0.717, 1.165) is 5.56 Å². The highest BCUT2D eigenvalue weighted by atomic mass is 32.2. The minimum atomic E-state index is -4.26. The largest absolute Gasteiger partial charge is 0.446 e. The van der Waals surface area contributed by atoms with Gasteiger partial charge in [0.2, 0.25) is 5.91 Å². The number of nitrogens with two attached hydrogens (primary N) is 1. The summed E-state index contributed by atoms with van der Waals surface area (Å²) in [6, 6.07) is 6.07. The molecule has 1 rings (SSSR count). The van der Waals surface area contributed by atoms with Crippen molar-refractivity contribution in [1.82, 2.24) is 5.32 Å². The maximum atomic E-state index is 12.1. The Labute approximate surface area is 107 Å². The molecule has 0 saturated carbocycles. The maximum absolute atomic E-state index is 12.1. The van der Waals surface area contributed by atoms with Gasteiger partial charge in [-0.05, 0) is 29.5 Å². The molecule has 3 nitrogen and oxygen atoms in total. The Morgan fingerprint density at radius 3 is 2.39 bits per heavy atom. The van der Waals surface area contributed by atoms with Crippen LogP contribution in [-0.2, 0) is 11.3 Å². The third-order valence-electron chi connectivity index (χ3n) is 2.03. The lowest BCUT2D eigenvalue weighted by atomic mass is 10.2. The van der Waals surface area contributed by atoms with Crippen molar-refractivity contribution >= 4 is 17.7 Å². The minimum Gasteiger partial charge on any atom is -0.370 e. The number of carbonyl (C=O) groups is 1. The highest BCUT2D eigenvalue weighted by Crippen LogP contribution is 2.36. The van der Waals surface area contributed by atoms with E-state index in [-0.39, 0.29) is 29.0 Å². The molecule has 0 spiro atoms. The van der Waals surface area contributed by atoms with Gasteiger partial charge in [0.15, 0.2) is 0 Å². The number of halogens is 3. The highest BCUT2D eigenvalue weighted by Gasteiger charge is 2.28. The van der Waals surface area contributed by atoms with E-state index in [4.69, 9.17) is 5.73 Å². The number of amides is 1. The Morgan fingerprint density at radius 1 is 1.28 bits per heavy atom. The lowest BCUT2D eigenvalue weighted by molar-refractivity contribution is -0.117. The van der Waals surface area contributed by atoms with Crippen LogP contribution in [0.3, 0.4) is 0 Å². The van der Waals surface area contributed by atoms with Crippen molar-refractivity contribution in [2.45, 2.75) is 23.4 Å². The summed E-state index contributed by atoms with van der Waals surface area (Å²) in [5, 5.41) is 2.97. The van der Waals surface area contributed by atoms with Gasteiger partial charge >= 0.3 is 5.51 Å². The van der Waals surface area contributed by atoms with Crippen LogP contribution in [0.5, 0.6) is 0 Å². The van der Waals surface area contributed by atoms with Gasteiger partial charge < -0.3 is 11.1 Å². The molecule has 0 radical (unpaired) electrons. The summed E-state index contributed by atoms with van der Waals surface area (Å²) >= 11 is -0.140. The van der Waals surface area contributed by atoms with Gasteiger partial charge in [-0.25, -0.2) is 0 Å². The summed E-state index contributed by atoms with van der Waals surface area (Å²) in [6.45, 7) is 0.943. The zero-order valence-corrected chi connectivity index (χ0v) is 10.3. The van der Waals surface area contributed by atoms with Gasteiger partial charge in [0.1, 0.15) is 0 Å². The Balaban J connectivity index is 2.38. The molecular weight excluding hydrogens is 265 g/mol. The number of rotatable bonds is 6. The van der Waals surface area contributed by atoms with Gasteiger partial charge in [0.05, 0.1) is 0 Å². The molecule has 0 aromatic heterocycles. The molecule has 1 aromatic carbocycles. The zero-order valence-electron chi connectivity index (χ0n) is 9.46. The van der Waals surface area contributed by atoms with Crippen molar-refractivity contribution in [3.05, 3.63) is 29.8 Å². The van der Waals surface area contributed by atoms with Gasteiger partial charge in [0.25, 0.3) is 0 Å². The van der Waals surface area contributed by atoms with E-state index >= 15 is 0 Å². The fraction of sp³-hybridized carbons (Fsp3) is 0.364. The number of carbonyl (C=O) groups excluding carboxylic acids is 1. The summed E-state index contributed by atoms with van der Waals surface area (Å²) in [5.74, 6) is -0.389. The topological polar surface area (TPSA) is 55.1 Å². The van der Waals surface area contributed by atoms with E-state index in [2.05, 4.69) is 5.32 Å². The molecular formula is C11H13F3N2OS. The number of hydrogen-bond acceptors (Lipinski definition) is 3. The second-order valence-electron chi connectivity index (χ2n) is 3.58. The Bertz CT molecular complexity index is 392. The van der Waals surface area contributed by atoms with E-state index in [1.165, 1.54) is 12.1 Å². The molecule has 1 aromatic rings. The molecule has 0 heterocycles. The lowest BCUT2D eigenvalue weighted by Gasteiger charge is -2.07. The molecule has 0 aliphatic rings. The predicted molar refractivity (Wildman–Crippen MR) is 63.9 cm³/mol. The first kappa shape index (κ1) is 14.8. The molecule has 0 aliphatic heterocycles.